The fraction of sp³-hybridized carbons (Fsp3) is 0.692. The van der Waals surface area contributed by atoms with Crippen molar-refractivity contribution >= 4 is 29.0 Å². The zero-order valence-corrected chi connectivity index (χ0v) is 20.4. The highest BCUT2D eigenvalue weighted by Crippen LogP contribution is 2.15. The van der Waals surface area contributed by atoms with Gasteiger partial charge in [-0.05, 0) is 30.8 Å². The molecule has 0 bridgehead atoms. The molecule has 0 aliphatic rings. The highest BCUT2D eigenvalue weighted by molar-refractivity contribution is 7.80. The fourth-order valence-electron chi connectivity index (χ4n) is 3.82. The number of unbranched alkanes of at least 4 members (excludes halogenated alkanes) is 15. The van der Waals surface area contributed by atoms with Crippen molar-refractivity contribution in [3.05, 3.63) is 29.8 Å². The van der Waals surface area contributed by atoms with Gasteiger partial charge in [0.15, 0.2) is 5.11 Å². The second-order valence-electron chi connectivity index (χ2n) is 8.53. The molecule has 5 heteroatoms. The zero-order chi connectivity index (χ0) is 22.6. The molecule has 1 aromatic carbocycles. The predicted molar refractivity (Wildman–Crippen MR) is 137 cm³/mol. The number of carboxylic acid groups (broad SMARTS) is 1. The number of aromatic carboxylic acids is 1. The van der Waals surface area contributed by atoms with Crippen LogP contribution in [0.15, 0.2) is 24.3 Å². The van der Waals surface area contributed by atoms with Crippen LogP contribution in [-0.2, 0) is 0 Å². The van der Waals surface area contributed by atoms with Gasteiger partial charge in [0.1, 0.15) is 0 Å². The second-order valence-corrected chi connectivity index (χ2v) is 8.94. The van der Waals surface area contributed by atoms with Gasteiger partial charge in [0.05, 0.1) is 11.3 Å². The van der Waals surface area contributed by atoms with Crippen LogP contribution in [0.25, 0.3) is 0 Å². The smallest absolute Gasteiger partial charge is 0.337 e. The fourth-order valence-corrected chi connectivity index (χ4v) is 4.03. The number of thiocarbonyl (C=S) groups is 1. The van der Waals surface area contributed by atoms with Crippen LogP contribution in [0.2, 0.25) is 0 Å². The normalized spacial score (nSPS) is 10.7. The van der Waals surface area contributed by atoms with E-state index in [1.54, 1.807) is 24.3 Å². The standard InChI is InChI=1S/C26H44N2O2S/c1-2-3-4-5-6-7-8-9-10-11-12-13-14-15-16-19-22-27-26(31)28-24-21-18-17-20-23(24)25(29)30/h17-18,20-21H,2-16,19,22H2,1H3,(H,29,30)(H2,27,28,31). The number of benzene rings is 1. The van der Waals surface area contributed by atoms with Gasteiger partial charge in [-0.1, -0.05) is 115 Å². The lowest BCUT2D eigenvalue weighted by molar-refractivity contribution is 0.0698. The van der Waals surface area contributed by atoms with E-state index in [1.807, 2.05) is 0 Å². The van der Waals surface area contributed by atoms with Gasteiger partial charge in [-0.25, -0.2) is 4.79 Å². The number of rotatable bonds is 19. The van der Waals surface area contributed by atoms with Crippen molar-refractivity contribution in [2.45, 2.75) is 110 Å². The second kappa shape index (κ2) is 19.1. The molecule has 4 nitrogen and oxygen atoms in total. The van der Waals surface area contributed by atoms with Crippen molar-refractivity contribution in [2.24, 2.45) is 0 Å². The minimum Gasteiger partial charge on any atom is -0.478 e. The number of carbonyl (C=O) groups is 1. The maximum Gasteiger partial charge on any atom is 0.337 e. The third-order valence-electron chi connectivity index (χ3n) is 5.72. The molecular formula is C26H44N2O2S. The molecule has 1 aromatic rings. The Morgan fingerprint density at radius 1 is 0.774 bits per heavy atom. The molecule has 31 heavy (non-hydrogen) atoms. The maximum absolute atomic E-state index is 11.2. The highest BCUT2D eigenvalue weighted by Gasteiger charge is 2.09. The van der Waals surface area contributed by atoms with Gasteiger partial charge in [0, 0.05) is 6.54 Å². The number of nitrogens with one attached hydrogen (secondary N) is 2. The van der Waals surface area contributed by atoms with Crippen LogP contribution < -0.4 is 10.6 Å². The van der Waals surface area contributed by atoms with Crippen molar-refractivity contribution in [3.8, 4) is 0 Å². The Kier molecular flexibility index (Phi) is 16.9. The Hall–Kier alpha value is -1.62. The third kappa shape index (κ3) is 14.9. The molecule has 0 unspecified atom stereocenters. The van der Waals surface area contributed by atoms with Crippen molar-refractivity contribution < 1.29 is 9.90 Å². The molecular weight excluding hydrogens is 404 g/mol. The van der Waals surface area contributed by atoms with Crippen LogP contribution >= 0.6 is 12.2 Å². The summed E-state index contributed by atoms with van der Waals surface area (Å²) in [6, 6.07) is 6.81. The van der Waals surface area contributed by atoms with Crippen molar-refractivity contribution in [3.63, 3.8) is 0 Å². The van der Waals surface area contributed by atoms with Crippen LogP contribution in [0.4, 0.5) is 5.69 Å². The van der Waals surface area contributed by atoms with E-state index in [4.69, 9.17) is 12.2 Å². The van der Waals surface area contributed by atoms with E-state index in [0.717, 1.165) is 13.0 Å². The van der Waals surface area contributed by atoms with E-state index in [-0.39, 0.29) is 5.56 Å². The molecule has 0 amide bonds. The maximum atomic E-state index is 11.2. The predicted octanol–water partition coefficient (Wildman–Crippen LogP) is 7.93. The summed E-state index contributed by atoms with van der Waals surface area (Å²) in [5.74, 6) is -0.955. The average Bonchev–Trinajstić information content (AvgIpc) is 2.76. The first-order valence-corrected chi connectivity index (χ1v) is 12.9. The van der Waals surface area contributed by atoms with E-state index in [1.165, 1.54) is 96.3 Å². The lowest BCUT2D eigenvalue weighted by Gasteiger charge is -2.12. The van der Waals surface area contributed by atoms with E-state index in [0.29, 0.717) is 10.8 Å². The molecule has 0 aliphatic carbocycles. The summed E-state index contributed by atoms with van der Waals surface area (Å²) in [7, 11) is 0. The van der Waals surface area contributed by atoms with Crippen LogP contribution in [0.5, 0.6) is 0 Å². The number of para-hydroxylation sites is 1. The highest BCUT2D eigenvalue weighted by atomic mass is 32.1. The third-order valence-corrected chi connectivity index (χ3v) is 5.97. The molecule has 0 saturated carbocycles. The van der Waals surface area contributed by atoms with E-state index in [2.05, 4.69) is 17.6 Å². The molecule has 0 fully saturated rings. The first-order chi connectivity index (χ1) is 15.1. The quantitative estimate of drug-likeness (QED) is 0.148. The Morgan fingerprint density at radius 3 is 1.71 bits per heavy atom. The number of carboxylic acids is 1. The minimum atomic E-state index is -0.955. The van der Waals surface area contributed by atoms with E-state index in [9.17, 15) is 9.90 Å². The SMILES string of the molecule is CCCCCCCCCCCCCCCCCCNC(=S)Nc1ccccc1C(=O)O. The lowest BCUT2D eigenvalue weighted by atomic mass is 10.0. The molecule has 0 saturated heterocycles. The monoisotopic (exact) mass is 448 g/mol. The number of hydrogen-bond acceptors (Lipinski definition) is 2. The van der Waals surface area contributed by atoms with Gasteiger partial charge in [0.25, 0.3) is 0 Å². The number of hydrogen-bond donors (Lipinski definition) is 3. The van der Waals surface area contributed by atoms with Crippen LogP contribution in [0.3, 0.4) is 0 Å². The van der Waals surface area contributed by atoms with Gasteiger partial charge in [-0.2, -0.15) is 0 Å². The molecule has 0 heterocycles. The van der Waals surface area contributed by atoms with Gasteiger partial charge in [0.2, 0.25) is 0 Å². The first kappa shape index (κ1) is 27.4. The summed E-state index contributed by atoms with van der Waals surface area (Å²) in [6.45, 7) is 3.10. The summed E-state index contributed by atoms with van der Waals surface area (Å²) < 4.78 is 0. The van der Waals surface area contributed by atoms with Crippen LogP contribution in [0, 0.1) is 0 Å². The van der Waals surface area contributed by atoms with Gasteiger partial charge >= 0.3 is 5.97 Å². The minimum absolute atomic E-state index is 0.231. The van der Waals surface area contributed by atoms with Crippen LogP contribution in [-0.4, -0.2) is 22.7 Å². The Morgan fingerprint density at radius 2 is 1.23 bits per heavy atom. The molecule has 1 rings (SSSR count). The van der Waals surface area contributed by atoms with Crippen molar-refractivity contribution in [2.75, 3.05) is 11.9 Å². The summed E-state index contributed by atoms with van der Waals surface area (Å²) in [6.07, 6.45) is 21.8. The first-order valence-electron chi connectivity index (χ1n) is 12.5. The lowest BCUT2D eigenvalue weighted by Crippen LogP contribution is -2.29. The average molecular weight is 449 g/mol. The van der Waals surface area contributed by atoms with Gasteiger partial charge in [-0.15, -0.1) is 0 Å². The van der Waals surface area contributed by atoms with E-state index < -0.39 is 5.97 Å². The molecule has 3 N–H and O–H groups in total. The van der Waals surface area contributed by atoms with Gasteiger partial charge in [-0.3, -0.25) is 0 Å². The Labute approximate surface area is 195 Å². The Balaban J connectivity index is 1.87. The van der Waals surface area contributed by atoms with Crippen molar-refractivity contribution in [1.82, 2.24) is 5.32 Å². The molecule has 0 spiro atoms. The Bertz CT molecular complexity index is 607. The molecule has 0 radical (unpaired) electrons. The number of anilines is 1. The molecule has 0 atom stereocenters. The van der Waals surface area contributed by atoms with Gasteiger partial charge < -0.3 is 15.7 Å². The van der Waals surface area contributed by atoms with Crippen molar-refractivity contribution in [1.29, 1.82) is 0 Å². The zero-order valence-electron chi connectivity index (χ0n) is 19.6. The summed E-state index contributed by atoms with van der Waals surface area (Å²) in [4.78, 5) is 11.2. The summed E-state index contributed by atoms with van der Waals surface area (Å²) in [5, 5.41) is 15.8. The largest absolute Gasteiger partial charge is 0.478 e. The summed E-state index contributed by atoms with van der Waals surface area (Å²) in [5.41, 5.74) is 0.758. The molecule has 0 aliphatic heterocycles. The summed E-state index contributed by atoms with van der Waals surface area (Å²) >= 11 is 5.28. The molecule has 176 valence electrons. The van der Waals surface area contributed by atoms with Crippen LogP contribution in [0.1, 0.15) is 120 Å². The molecule has 0 aromatic heterocycles. The topological polar surface area (TPSA) is 61.4 Å². The van der Waals surface area contributed by atoms with E-state index >= 15 is 0 Å².